The average molecular weight is 289 g/mol. The predicted octanol–water partition coefficient (Wildman–Crippen LogP) is 3.92. The van der Waals surface area contributed by atoms with Crippen molar-refractivity contribution in [1.82, 2.24) is 4.98 Å². The molecule has 2 atom stereocenters. The molecule has 1 aromatic rings. The van der Waals surface area contributed by atoms with Gasteiger partial charge in [0.05, 0.1) is 12.3 Å². The van der Waals surface area contributed by atoms with Gasteiger partial charge in [-0.3, -0.25) is 0 Å². The molecule has 2 rings (SSSR count). The zero-order chi connectivity index (χ0) is 13.1. The molecule has 3 nitrogen and oxygen atoms in total. The Morgan fingerprint density at radius 2 is 2.33 bits per heavy atom. The summed E-state index contributed by atoms with van der Waals surface area (Å²) in [6, 6.07) is 2.19. The standard InChI is InChI=1S/C13H18Cl2N2O/c1-3-10(9-4-5-18-7-9)16-12-8(2)6-11(14)17-13(12)15/h6,9-10,16H,3-5,7H2,1-2H3. The van der Waals surface area contributed by atoms with Crippen LogP contribution < -0.4 is 5.32 Å². The minimum atomic E-state index is 0.367. The molecule has 1 aliphatic rings. The summed E-state index contributed by atoms with van der Waals surface area (Å²) < 4.78 is 5.45. The van der Waals surface area contributed by atoms with E-state index in [9.17, 15) is 0 Å². The highest BCUT2D eigenvalue weighted by molar-refractivity contribution is 6.34. The van der Waals surface area contributed by atoms with E-state index in [1.807, 2.05) is 13.0 Å². The number of nitrogens with zero attached hydrogens (tertiary/aromatic N) is 1. The van der Waals surface area contributed by atoms with Crippen LogP contribution in [0.1, 0.15) is 25.3 Å². The number of rotatable bonds is 4. The van der Waals surface area contributed by atoms with Gasteiger partial charge < -0.3 is 10.1 Å². The lowest BCUT2D eigenvalue weighted by molar-refractivity contribution is 0.182. The monoisotopic (exact) mass is 288 g/mol. The number of anilines is 1. The lowest BCUT2D eigenvalue weighted by Crippen LogP contribution is -2.29. The van der Waals surface area contributed by atoms with E-state index in [-0.39, 0.29) is 0 Å². The van der Waals surface area contributed by atoms with Crippen LogP contribution in [0.2, 0.25) is 10.3 Å². The summed E-state index contributed by atoms with van der Waals surface area (Å²) in [5.41, 5.74) is 1.91. The molecule has 1 saturated heterocycles. The molecule has 2 unspecified atom stereocenters. The molecule has 0 radical (unpaired) electrons. The SMILES string of the molecule is CCC(Nc1c(C)cc(Cl)nc1Cl)C1CCOC1. The van der Waals surface area contributed by atoms with E-state index in [1.54, 1.807) is 0 Å². The van der Waals surface area contributed by atoms with Crippen LogP contribution in [0.3, 0.4) is 0 Å². The maximum atomic E-state index is 6.15. The van der Waals surface area contributed by atoms with Crippen LogP contribution in [0.4, 0.5) is 5.69 Å². The van der Waals surface area contributed by atoms with Crippen molar-refractivity contribution in [2.24, 2.45) is 5.92 Å². The van der Waals surface area contributed by atoms with Gasteiger partial charge in [-0.1, -0.05) is 30.1 Å². The van der Waals surface area contributed by atoms with Crippen LogP contribution in [-0.4, -0.2) is 24.2 Å². The third kappa shape index (κ3) is 3.08. The number of halogens is 2. The van der Waals surface area contributed by atoms with E-state index in [2.05, 4.69) is 17.2 Å². The molecule has 18 heavy (non-hydrogen) atoms. The molecule has 0 amide bonds. The summed E-state index contributed by atoms with van der Waals surface area (Å²) in [5.74, 6) is 0.543. The Morgan fingerprint density at radius 3 is 2.89 bits per heavy atom. The van der Waals surface area contributed by atoms with Gasteiger partial charge in [0.25, 0.3) is 0 Å². The van der Waals surface area contributed by atoms with Gasteiger partial charge in [-0.25, -0.2) is 4.98 Å². The van der Waals surface area contributed by atoms with Crippen molar-refractivity contribution < 1.29 is 4.74 Å². The van der Waals surface area contributed by atoms with Crippen LogP contribution >= 0.6 is 23.2 Å². The van der Waals surface area contributed by atoms with Crippen molar-refractivity contribution in [1.29, 1.82) is 0 Å². The van der Waals surface area contributed by atoms with Crippen LogP contribution in [0, 0.1) is 12.8 Å². The summed E-state index contributed by atoms with van der Waals surface area (Å²) in [4.78, 5) is 4.09. The van der Waals surface area contributed by atoms with E-state index < -0.39 is 0 Å². The normalized spacial score (nSPS) is 21.0. The first kappa shape index (κ1) is 13.9. The van der Waals surface area contributed by atoms with Gasteiger partial charge in [-0.15, -0.1) is 0 Å². The van der Waals surface area contributed by atoms with Gasteiger partial charge in [0, 0.05) is 18.6 Å². The molecular formula is C13H18Cl2N2O. The highest BCUT2D eigenvalue weighted by atomic mass is 35.5. The summed E-state index contributed by atoms with van der Waals surface area (Å²) in [6.07, 6.45) is 2.13. The Labute approximate surface area is 118 Å². The molecular weight excluding hydrogens is 271 g/mol. The molecule has 2 heterocycles. The Kier molecular flexibility index (Phi) is 4.71. The number of hydrogen-bond acceptors (Lipinski definition) is 3. The van der Waals surface area contributed by atoms with Crippen LogP contribution in [0.15, 0.2) is 6.07 Å². The summed E-state index contributed by atoms with van der Waals surface area (Å²) in [6.45, 7) is 5.83. The number of pyridine rings is 1. The first-order valence-electron chi connectivity index (χ1n) is 6.28. The fraction of sp³-hybridized carbons (Fsp3) is 0.615. The van der Waals surface area contributed by atoms with Crippen molar-refractivity contribution in [2.45, 2.75) is 32.7 Å². The molecule has 0 bridgehead atoms. The van der Waals surface area contributed by atoms with Gasteiger partial charge in [-0.05, 0) is 31.4 Å². The zero-order valence-corrected chi connectivity index (χ0v) is 12.2. The van der Waals surface area contributed by atoms with Crippen LogP contribution in [-0.2, 0) is 4.74 Å². The molecule has 1 aromatic heterocycles. The van der Waals surface area contributed by atoms with Crippen LogP contribution in [0.5, 0.6) is 0 Å². The number of ether oxygens (including phenoxy) is 1. The van der Waals surface area contributed by atoms with E-state index in [0.717, 1.165) is 37.3 Å². The second-order valence-corrected chi connectivity index (χ2v) is 5.46. The molecule has 0 aliphatic carbocycles. The number of hydrogen-bond donors (Lipinski definition) is 1. The molecule has 1 fully saturated rings. The van der Waals surface area contributed by atoms with Gasteiger partial charge >= 0.3 is 0 Å². The summed E-state index contributed by atoms with van der Waals surface area (Å²) >= 11 is 12.0. The first-order chi connectivity index (χ1) is 8.61. The highest BCUT2D eigenvalue weighted by Crippen LogP contribution is 2.30. The molecule has 0 spiro atoms. The van der Waals surface area contributed by atoms with Gasteiger partial charge in [-0.2, -0.15) is 0 Å². The third-order valence-electron chi connectivity index (χ3n) is 3.44. The summed E-state index contributed by atoms with van der Waals surface area (Å²) in [5, 5.41) is 4.37. The average Bonchev–Trinajstić information content (AvgIpc) is 2.81. The zero-order valence-electron chi connectivity index (χ0n) is 10.7. The lowest BCUT2D eigenvalue weighted by atomic mass is 9.96. The minimum Gasteiger partial charge on any atom is -0.381 e. The maximum absolute atomic E-state index is 6.15. The molecule has 5 heteroatoms. The van der Waals surface area contributed by atoms with Crippen molar-refractivity contribution in [2.75, 3.05) is 18.5 Å². The molecule has 1 aliphatic heterocycles. The van der Waals surface area contributed by atoms with E-state index in [0.29, 0.717) is 22.3 Å². The largest absolute Gasteiger partial charge is 0.381 e. The van der Waals surface area contributed by atoms with Crippen LogP contribution in [0.25, 0.3) is 0 Å². The van der Waals surface area contributed by atoms with E-state index >= 15 is 0 Å². The van der Waals surface area contributed by atoms with Gasteiger partial charge in [0.1, 0.15) is 5.15 Å². The quantitative estimate of drug-likeness (QED) is 0.853. The molecule has 0 saturated carbocycles. The fourth-order valence-electron chi connectivity index (χ4n) is 2.38. The summed E-state index contributed by atoms with van der Waals surface area (Å²) in [7, 11) is 0. The number of nitrogens with one attached hydrogen (secondary N) is 1. The third-order valence-corrected chi connectivity index (χ3v) is 3.91. The second-order valence-electron chi connectivity index (χ2n) is 4.71. The minimum absolute atomic E-state index is 0.367. The topological polar surface area (TPSA) is 34.2 Å². The second kappa shape index (κ2) is 6.09. The van der Waals surface area contributed by atoms with Crippen molar-refractivity contribution in [3.63, 3.8) is 0 Å². The molecule has 0 aromatic carbocycles. The number of aryl methyl sites for hydroxylation is 1. The van der Waals surface area contributed by atoms with Crippen molar-refractivity contribution in [3.05, 3.63) is 21.9 Å². The molecule has 100 valence electrons. The van der Waals surface area contributed by atoms with Crippen molar-refractivity contribution in [3.8, 4) is 0 Å². The number of aromatic nitrogens is 1. The van der Waals surface area contributed by atoms with Gasteiger partial charge in [0.2, 0.25) is 0 Å². The fourth-order valence-corrected chi connectivity index (χ4v) is 2.96. The lowest BCUT2D eigenvalue weighted by Gasteiger charge is -2.24. The first-order valence-corrected chi connectivity index (χ1v) is 7.04. The highest BCUT2D eigenvalue weighted by Gasteiger charge is 2.25. The Hall–Kier alpha value is -0.510. The molecule has 1 N–H and O–H groups in total. The Morgan fingerprint density at radius 1 is 1.56 bits per heavy atom. The van der Waals surface area contributed by atoms with E-state index in [1.165, 1.54) is 0 Å². The van der Waals surface area contributed by atoms with E-state index in [4.69, 9.17) is 27.9 Å². The van der Waals surface area contributed by atoms with Gasteiger partial charge in [0.15, 0.2) is 5.15 Å². The smallest absolute Gasteiger partial charge is 0.154 e. The Balaban J connectivity index is 2.16. The van der Waals surface area contributed by atoms with Crippen molar-refractivity contribution >= 4 is 28.9 Å². The maximum Gasteiger partial charge on any atom is 0.154 e. The Bertz CT molecular complexity index is 396. The predicted molar refractivity (Wildman–Crippen MR) is 75.6 cm³/mol.